The molecule has 10 heteroatoms. The first-order chi connectivity index (χ1) is 25.2. The van der Waals surface area contributed by atoms with E-state index in [0.29, 0.717) is 22.4 Å². The molecule has 0 radical (unpaired) electrons. The fourth-order valence-corrected chi connectivity index (χ4v) is 7.42. The van der Waals surface area contributed by atoms with Crippen molar-refractivity contribution in [2.45, 2.75) is 33.1 Å². The molecule has 8 aromatic rings. The van der Waals surface area contributed by atoms with Gasteiger partial charge < -0.3 is 9.13 Å². The SMILES string of the molecule is Cc1cc(C#N)cc(-c2cc(-n3c4ccc(C(F)(F)F)cc4c4cc(C(F)(F)F)ccc43)c(C#N)cc2-n2c3ccc(C)cc3c3cc(C)ccc32)c1. The zero-order chi connectivity index (χ0) is 37.6. The summed E-state index contributed by atoms with van der Waals surface area (Å²) in [6, 6.07) is 31.3. The Balaban J connectivity index is 1.53. The van der Waals surface area contributed by atoms with E-state index >= 15 is 0 Å². The minimum atomic E-state index is -4.75. The monoisotopic (exact) mass is 712 g/mol. The third-order valence-electron chi connectivity index (χ3n) is 9.73. The van der Waals surface area contributed by atoms with Crippen LogP contribution in [0.1, 0.15) is 38.9 Å². The van der Waals surface area contributed by atoms with Gasteiger partial charge in [-0.25, -0.2) is 0 Å². The maximum Gasteiger partial charge on any atom is 0.416 e. The molecule has 0 unspecified atom stereocenters. The first-order valence-corrected chi connectivity index (χ1v) is 16.5. The molecule has 6 aromatic carbocycles. The van der Waals surface area contributed by atoms with Crippen LogP contribution in [0.5, 0.6) is 0 Å². The molecule has 0 bridgehead atoms. The molecule has 0 saturated heterocycles. The lowest BCUT2D eigenvalue weighted by atomic mass is 9.96. The topological polar surface area (TPSA) is 57.4 Å². The highest BCUT2D eigenvalue weighted by atomic mass is 19.4. The van der Waals surface area contributed by atoms with Crippen LogP contribution in [-0.4, -0.2) is 9.13 Å². The summed E-state index contributed by atoms with van der Waals surface area (Å²) in [5.74, 6) is 0. The van der Waals surface area contributed by atoms with Crippen molar-refractivity contribution in [3.05, 3.63) is 142 Å². The standard InChI is InChI=1S/C43H26F6N4/c1-23-4-8-36-32(14-23)33-15-24(2)5-9-37(33)53(36)41-17-28(22-51)40(20-31(41)27-13-25(3)12-26(16-27)21-50)52-38-10-6-29(42(44,45)46)18-34(38)35-19-30(43(47,48)49)7-11-39(35)52/h4-20H,1-3H3. The van der Waals surface area contributed by atoms with E-state index in [1.54, 1.807) is 24.3 Å². The van der Waals surface area contributed by atoms with Crippen LogP contribution < -0.4 is 0 Å². The highest BCUT2D eigenvalue weighted by Gasteiger charge is 2.34. The van der Waals surface area contributed by atoms with Crippen molar-refractivity contribution < 1.29 is 26.3 Å². The van der Waals surface area contributed by atoms with Gasteiger partial charge in [0.25, 0.3) is 0 Å². The number of aryl methyl sites for hydroxylation is 3. The van der Waals surface area contributed by atoms with Crippen LogP contribution in [-0.2, 0) is 12.4 Å². The average molecular weight is 713 g/mol. The van der Waals surface area contributed by atoms with Crippen LogP contribution >= 0.6 is 0 Å². The number of nitrogens with zero attached hydrogens (tertiary/aromatic N) is 4. The summed E-state index contributed by atoms with van der Waals surface area (Å²) in [6.45, 7) is 5.86. The van der Waals surface area contributed by atoms with Crippen molar-refractivity contribution in [1.29, 1.82) is 10.5 Å². The van der Waals surface area contributed by atoms with E-state index in [-0.39, 0.29) is 33.1 Å². The lowest BCUT2D eigenvalue weighted by Gasteiger charge is -2.19. The molecular weight excluding hydrogens is 686 g/mol. The normalized spacial score (nSPS) is 12.2. The van der Waals surface area contributed by atoms with Crippen molar-refractivity contribution in [3.8, 4) is 34.6 Å². The van der Waals surface area contributed by atoms with Crippen molar-refractivity contribution in [2.24, 2.45) is 0 Å². The molecule has 0 fully saturated rings. The van der Waals surface area contributed by atoms with E-state index in [0.717, 1.165) is 62.8 Å². The van der Waals surface area contributed by atoms with Crippen LogP contribution in [0.15, 0.2) is 103 Å². The van der Waals surface area contributed by atoms with E-state index in [9.17, 15) is 36.9 Å². The molecule has 2 aromatic heterocycles. The number of rotatable bonds is 3. The maximum absolute atomic E-state index is 14.0. The van der Waals surface area contributed by atoms with Gasteiger partial charge in [-0.1, -0.05) is 29.3 Å². The molecule has 2 heterocycles. The molecule has 0 spiro atoms. The molecule has 8 rings (SSSR count). The van der Waals surface area contributed by atoms with Crippen LogP contribution in [0.2, 0.25) is 0 Å². The molecule has 0 saturated carbocycles. The molecule has 0 aliphatic rings. The molecule has 0 aliphatic carbocycles. The van der Waals surface area contributed by atoms with Crippen LogP contribution in [0.4, 0.5) is 26.3 Å². The number of alkyl halides is 6. The number of fused-ring (bicyclic) bond motifs is 6. The summed E-state index contributed by atoms with van der Waals surface area (Å²) in [5, 5.41) is 22.6. The summed E-state index contributed by atoms with van der Waals surface area (Å²) < 4.78 is 87.3. The Hall–Kier alpha value is -6.52. The van der Waals surface area contributed by atoms with Crippen LogP contribution in [0.3, 0.4) is 0 Å². The molecule has 0 atom stereocenters. The minimum absolute atomic E-state index is 0.0501. The van der Waals surface area contributed by atoms with Gasteiger partial charge in [0.15, 0.2) is 0 Å². The van der Waals surface area contributed by atoms with Crippen molar-refractivity contribution in [2.75, 3.05) is 0 Å². The number of hydrogen-bond donors (Lipinski definition) is 0. The van der Waals surface area contributed by atoms with E-state index in [1.165, 1.54) is 16.7 Å². The van der Waals surface area contributed by atoms with Gasteiger partial charge in [-0.05, 0) is 117 Å². The van der Waals surface area contributed by atoms with Gasteiger partial charge in [0, 0.05) is 27.1 Å². The zero-order valence-corrected chi connectivity index (χ0v) is 28.4. The highest BCUT2D eigenvalue weighted by Crippen LogP contribution is 2.43. The quantitative estimate of drug-likeness (QED) is 0.171. The third kappa shape index (κ3) is 5.46. The second-order valence-electron chi connectivity index (χ2n) is 13.4. The van der Waals surface area contributed by atoms with Crippen LogP contribution in [0.25, 0.3) is 66.1 Å². The first-order valence-electron chi connectivity index (χ1n) is 16.5. The second-order valence-corrected chi connectivity index (χ2v) is 13.4. The van der Waals surface area contributed by atoms with Gasteiger partial charge in [0.05, 0.1) is 61.8 Å². The number of nitriles is 2. The van der Waals surface area contributed by atoms with E-state index < -0.39 is 23.5 Å². The minimum Gasteiger partial charge on any atom is -0.309 e. The average Bonchev–Trinajstić information content (AvgIpc) is 3.61. The summed E-state index contributed by atoms with van der Waals surface area (Å²) in [7, 11) is 0. The number of aromatic nitrogens is 2. The molecular formula is C43H26F6N4. The van der Waals surface area contributed by atoms with Crippen molar-refractivity contribution in [3.63, 3.8) is 0 Å². The molecule has 53 heavy (non-hydrogen) atoms. The highest BCUT2D eigenvalue weighted by molar-refractivity contribution is 6.12. The van der Waals surface area contributed by atoms with Crippen LogP contribution in [0, 0.1) is 43.4 Å². The molecule has 4 nitrogen and oxygen atoms in total. The second kappa shape index (κ2) is 11.8. The van der Waals surface area contributed by atoms with Gasteiger partial charge in [-0.2, -0.15) is 36.9 Å². The Morgan fingerprint density at radius 3 is 1.42 bits per heavy atom. The van der Waals surface area contributed by atoms with E-state index in [1.807, 2.05) is 51.1 Å². The molecule has 0 N–H and O–H groups in total. The summed E-state index contributed by atoms with van der Waals surface area (Å²) in [6.07, 6.45) is -9.50. The Labute approximate surface area is 299 Å². The Morgan fingerprint density at radius 2 is 0.943 bits per heavy atom. The predicted octanol–water partition coefficient (Wildman–Crippen LogP) is 12.3. The fourth-order valence-electron chi connectivity index (χ4n) is 7.42. The first kappa shape index (κ1) is 33.6. The fraction of sp³-hybridized carbons (Fsp3) is 0.116. The van der Waals surface area contributed by atoms with E-state index in [2.05, 4.69) is 28.8 Å². The predicted molar refractivity (Wildman–Crippen MR) is 194 cm³/mol. The molecule has 0 aliphatic heterocycles. The van der Waals surface area contributed by atoms with Crippen molar-refractivity contribution >= 4 is 43.6 Å². The zero-order valence-electron chi connectivity index (χ0n) is 28.4. The van der Waals surface area contributed by atoms with E-state index in [4.69, 9.17) is 0 Å². The summed E-state index contributed by atoms with van der Waals surface area (Å²) >= 11 is 0. The Morgan fingerprint density at radius 1 is 0.472 bits per heavy atom. The third-order valence-corrected chi connectivity index (χ3v) is 9.73. The number of benzene rings is 6. The van der Waals surface area contributed by atoms with Gasteiger partial charge >= 0.3 is 12.4 Å². The largest absolute Gasteiger partial charge is 0.416 e. The number of halogens is 6. The van der Waals surface area contributed by atoms with Gasteiger partial charge in [0.1, 0.15) is 6.07 Å². The van der Waals surface area contributed by atoms with Crippen molar-refractivity contribution in [1.82, 2.24) is 9.13 Å². The lowest BCUT2D eigenvalue weighted by Crippen LogP contribution is -2.06. The lowest BCUT2D eigenvalue weighted by molar-refractivity contribution is -0.138. The molecule has 260 valence electrons. The smallest absolute Gasteiger partial charge is 0.309 e. The number of hydrogen-bond acceptors (Lipinski definition) is 2. The summed E-state index contributed by atoms with van der Waals surface area (Å²) in [4.78, 5) is 0. The maximum atomic E-state index is 14.0. The van der Waals surface area contributed by atoms with Gasteiger partial charge in [0.2, 0.25) is 0 Å². The molecule has 0 amide bonds. The van der Waals surface area contributed by atoms with Gasteiger partial charge in [-0.3, -0.25) is 0 Å². The van der Waals surface area contributed by atoms with Gasteiger partial charge in [-0.15, -0.1) is 0 Å². The Bertz CT molecular complexity index is 2800. The Kier molecular flexibility index (Phi) is 7.46. The summed E-state index contributed by atoms with van der Waals surface area (Å²) in [5.41, 5.74) is 5.56.